The third kappa shape index (κ3) is 4.31. The molecule has 2 aliphatic heterocycles. The first kappa shape index (κ1) is 18.4. The second-order valence-electron chi connectivity index (χ2n) is 6.82. The molecule has 0 radical (unpaired) electrons. The number of amides is 1. The predicted molar refractivity (Wildman–Crippen MR) is 102 cm³/mol. The number of nitrogens with zero attached hydrogens (tertiary/aromatic N) is 6. The van der Waals surface area contributed by atoms with Crippen LogP contribution in [-0.4, -0.2) is 87.7 Å². The topological polar surface area (TPSA) is 88.4 Å². The van der Waals surface area contributed by atoms with E-state index in [-0.39, 0.29) is 11.2 Å². The quantitative estimate of drug-likeness (QED) is 0.697. The van der Waals surface area contributed by atoms with Crippen LogP contribution in [0.3, 0.4) is 0 Å². The summed E-state index contributed by atoms with van der Waals surface area (Å²) in [6.07, 6.45) is 3.33. The maximum atomic E-state index is 11.8. The van der Waals surface area contributed by atoms with Crippen molar-refractivity contribution in [2.45, 2.75) is 19.4 Å². The average molecular weight is 394 g/mol. The Kier molecular flexibility index (Phi) is 5.70. The lowest BCUT2D eigenvalue weighted by Gasteiger charge is -2.26. The Morgan fingerprint density at radius 2 is 2.00 bits per heavy atom. The van der Waals surface area contributed by atoms with E-state index >= 15 is 0 Å². The van der Waals surface area contributed by atoms with Gasteiger partial charge in [0, 0.05) is 52.2 Å². The van der Waals surface area contributed by atoms with E-state index in [1.165, 1.54) is 0 Å². The number of anilines is 1. The second kappa shape index (κ2) is 8.37. The van der Waals surface area contributed by atoms with Crippen LogP contribution in [0.5, 0.6) is 0 Å². The van der Waals surface area contributed by atoms with Crippen molar-refractivity contribution in [3.63, 3.8) is 0 Å². The third-order valence-corrected chi connectivity index (χ3v) is 5.21. The molecule has 0 spiro atoms. The Morgan fingerprint density at radius 1 is 1.15 bits per heavy atom. The van der Waals surface area contributed by atoms with Crippen molar-refractivity contribution in [2.75, 3.05) is 57.8 Å². The van der Waals surface area contributed by atoms with E-state index in [2.05, 4.69) is 25.2 Å². The molecule has 2 aromatic rings. The van der Waals surface area contributed by atoms with Gasteiger partial charge in [0.2, 0.25) is 11.2 Å². The molecule has 0 bridgehead atoms. The molecule has 9 nitrogen and oxygen atoms in total. The molecule has 10 heteroatoms. The zero-order chi connectivity index (χ0) is 18.6. The van der Waals surface area contributed by atoms with Crippen LogP contribution in [0, 0.1) is 0 Å². The number of imidazole rings is 1. The predicted octanol–water partition coefficient (Wildman–Crippen LogP) is 0.846. The molecular weight excluding hydrogens is 370 g/mol. The highest BCUT2D eigenvalue weighted by Crippen LogP contribution is 2.21. The summed E-state index contributed by atoms with van der Waals surface area (Å²) in [6, 6.07) is 0. The van der Waals surface area contributed by atoms with Crippen LogP contribution in [0.4, 0.5) is 5.82 Å². The summed E-state index contributed by atoms with van der Waals surface area (Å²) in [5, 5.41) is 3.53. The number of nitrogens with one attached hydrogen (secondary N) is 1. The maximum Gasteiger partial charge on any atom is 0.226 e. The van der Waals surface area contributed by atoms with Crippen molar-refractivity contribution in [3.05, 3.63) is 11.6 Å². The molecule has 1 amide bonds. The highest BCUT2D eigenvalue weighted by Gasteiger charge is 2.20. The highest BCUT2D eigenvalue weighted by atomic mass is 35.5. The Labute approximate surface area is 162 Å². The van der Waals surface area contributed by atoms with Crippen LogP contribution in [0.1, 0.15) is 12.8 Å². The number of carbonyl (C=O) groups excluding carboxylic acids is 1. The number of halogens is 1. The molecule has 27 heavy (non-hydrogen) atoms. The van der Waals surface area contributed by atoms with Gasteiger partial charge in [0.05, 0.1) is 19.5 Å². The number of ether oxygens (including phenoxy) is 1. The van der Waals surface area contributed by atoms with Crippen molar-refractivity contribution < 1.29 is 9.53 Å². The Balaban J connectivity index is 1.42. The highest BCUT2D eigenvalue weighted by molar-refractivity contribution is 6.28. The summed E-state index contributed by atoms with van der Waals surface area (Å²) in [7, 11) is 0. The van der Waals surface area contributed by atoms with Gasteiger partial charge in [-0.15, -0.1) is 0 Å². The van der Waals surface area contributed by atoms with Crippen LogP contribution in [0.15, 0.2) is 6.33 Å². The van der Waals surface area contributed by atoms with Crippen LogP contribution in [0.25, 0.3) is 11.2 Å². The van der Waals surface area contributed by atoms with E-state index < -0.39 is 0 Å². The van der Waals surface area contributed by atoms with Crippen LogP contribution >= 0.6 is 11.6 Å². The summed E-state index contributed by atoms with van der Waals surface area (Å²) < 4.78 is 7.30. The SMILES string of the molecule is O=C1CCCN1CCn1cnc2c(NCCN3CCOCC3)nc(Cl)nc21. The fourth-order valence-electron chi connectivity index (χ4n) is 3.53. The number of fused-ring (bicyclic) bond motifs is 1. The van der Waals surface area contributed by atoms with Gasteiger partial charge in [-0.2, -0.15) is 9.97 Å². The Hall–Kier alpha value is -1.97. The Bertz CT molecular complexity index is 806. The summed E-state index contributed by atoms with van der Waals surface area (Å²) in [5.41, 5.74) is 1.39. The van der Waals surface area contributed by atoms with Gasteiger partial charge in [-0.1, -0.05) is 0 Å². The lowest BCUT2D eigenvalue weighted by molar-refractivity contribution is -0.127. The number of carbonyl (C=O) groups is 1. The van der Waals surface area contributed by atoms with Crippen molar-refractivity contribution in [1.82, 2.24) is 29.3 Å². The molecule has 0 atom stereocenters. The standard InChI is InChI=1S/C17H24ClN7O2/c18-17-21-15(19-3-5-23-8-10-27-11-9-23)14-16(22-17)25(12-20-14)7-6-24-4-1-2-13(24)26/h12H,1-11H2,(H,19,21,22). The largest absolute Gasteiger partial charge is 0.379 e. The molecule has 0 saturated carbocycles. The number of likely N-dealkylation sites (tertiary alicyclic amines) is 1. The molecule has 0 aliphatic carbocycles. The Morgan fingerprint density at radius 3 is 2.78 bits per heavy atom. The first-order chi connectivity index (χ1) is 13.2. The van der Waals surface area contributed by atoms with Gasteiger partial charge >= 0.3 is 0 Å². The molecular formula is C17H24ClN7O2. The van der Waals surface area contributed by atoms with Crippen LogP contribution in [-0.2, 0) is 16.1 Å². The first-order valence-electron chi connectivity index (χ1n) is 9.41. The van der Waals surface area contributed by atoms with Gasteiger partial charge in [-0.3, -0.25) is 9.69 Å². The van der Waals surface area contributed by atoms with Crippen LogP contribution < -0.4 is 5.32 Å². The minimum Gasteiger partial charge on any atom is -0.379 e. The lowest BCUT2D eigenvalue weighted by atomic mass is 10.4. The van der Waals surface area contributed by atoms with Gasteiger partial charge < -0.3 is 19.5 Å². The molecule has 2 aromatic heterocycles. The number of hydrogen-bond acceptors (Lipinski definition) is 7. The molecule has 146 valence electrons. The van der Waals surface area contributed by atoms with Crippen molar-refractivity contribution in [3.8, 4) is 0 Å². The number of morpholine rings is 1. The van der Waals surface area contributed by atoms with Crippen molar-refractivity contribution >= 4 is 34.5 Å². The van der Waals surface area contributed by atoms with Gasteiger partial charge in [0.15, 0.2) is 17.0 Å². The summed E-state index contributed by atoms with van der Waals surface area (Å²) >= 11 is 6.14. The molecule has 2 fully saturated rings. The lowest BCUT2D eigenvalue weighted by Crippen LogP contribution is -2.39. The van der Waals surface area contributed by atoms with Crippen molar-refractivity contribution in [2.24, 2.45) is 0 Å². The number of hydrogen-bond donors (Lipinski definition) is 1. The first-order valence-corrected chi connectivity index (χ1v) is 9.78. The third-order valence-electron chi connectivity index (χ3n) is 5.04. The van der Waals surface area contributed by atoms with E-state index in [4.69, 9.17) is 16.3 Å². The normalized spacial score (nSPS) is 18.6. The van der Waals surface area contributed by atoms with Crippen molar-refractivity contribution in [1.29, 1.82) is 0 Å². The minimum absolute atomic E-state index is 0.190. The fraction of sp³-hybridized carbons (Fsp3) is 0.647. The van der Waals surface area contributed by atoms with Crippen LogP contribution in [0.2, 0.25) is 5.28 Å². The van der Waals surface area contributed by atoms with E-state index in [9.17, 15) is 4.79 Å². The molecule has 4 rings (SSSR count). The van der Waals surface area contributed by atoms with Gasteiger partial charge in [0.1, 0.15) is 0 Å². The smallest absolute Gasteiger partial charge is 0.226 e. The summed E-state index contributed by atoms with van der Waals surface area (Å²) in [6.45, 7) is 7.25. The molecule has 4 heterocycles. The maximum absolute atomic E-state index is 11.8. The summed E-state index contributed by atoms with van der Waals surface area (Å²) in [5.74, 6) is 0.867. The van der Waals surface area contributed by atoms with E-state index in [1.54, 1.807) is 6.33 Å². The molecule has 0 unspecified atom stereocenters. The summed E-state index contributed by atoms with van der Waals surface area (Å²) in [4.78, 5) is 29.1. The van der Waals surface area contributed by atoms with Gasteiger partial charge in [0.25, 0.3) is 0 Å². The zero-order valence-electron chi connectivity index (χ0n) is 15.2. The monoisotopic (exact) mass is 393 g/mol. The molecule has 2 aliphatic rings. The fourth-order valence-corrected chi connectivity index (χ4v) is 3.70. The minimum atomic E-state index is 0.190. The van der Waals surface area contributed by atoms with E-state index in [1.807, 2.05) is 9.47 Å². The number of rotatable bonds is 7. The van der Waals surface area contributed by atoms with E-state index in [0.29, 0.717) is 36.5 Å². The molecule has 2 saturated heterocycles. The van der Waals surface area contributed by atoms with E-state index in [0.717, 1.165) is 52.4 Å². The average Bonchev–Trinajstić information content (AvgIpc) is 3.26. The second-order valence-corrected chi connectivity index (χ2v) is 7.15. The van der Waals surface area contributed by atoms with Gasteiger partial charge in [-0.25, -0.2) is 4.98 Å². The zero-order valence-corrected chi connectivity index (χ0v) is 16.0. The molecule has 0 aromatic carbocycles. The van der Waals surface area contributed by atoms with Gasteiger partial charge in [-0.05, 0) is 18.0 Å². The number of aromatic nitrogens is 4. The molecule has 1 N–H and O–H groups in total.